The van der Waals surface area contributed by atoms with Gasteiger partial charge < -0.3 is 30.1 Å². The van der Waals surface area contributed by atoms with Gasteiger partial charge >= 0.3 is 6.03 Å². The van der Waals surface area contributed by atoms with E-state index in [1.165, 1.54) is 0 Å². The number of aliphatic hydroxyl groups is 2. The van der Waals surface area contributed by atoms with Gasteiger partial charge in [-0.25, -0.2) is 9.78 Å². The van der Waals surface area contributed by atoms with E-state index >= 15 is 0 Å². The van der Waals surface area contributed by atoms with Crippen molar-refractivity contribution in [2.75, 3.05) is 11.9 Å². The molecule has 3 aromatic rings. The zero-order valence-electron chi connectivity index (χ0n) is 18.1. The summed E-state index contributed by atoms with van der Waals surface area (Å²) < 4.78 is 10.7. The van der Waals surface area contributed by atoms with Crippen molar-refractivity contribution in [3.63, 3.8) is 0 Å². The van der Waals surface area contributed by atoms with Crippen molar-refractivity contribution in [1.82, 2.24) is 20.4 Å². The second-order valence-electron chi connectivity index (χ2n) is 7.83. The highest BCUT2D eigenvalue weighted by molar-refractivity contribution is 5.90. The van der Waals surface area contributed by atoms with Gasteiger partial charge in [0, 0.05) is 35.9 Å². The summed E-state index contributed by atoms with van der Waals surface area (Å²) in [5, 5.41) is 30.1. The first-order chi connectivity index (χ1) is 15.4. The number of nitrogens with zero attached hydrogens (tertiary/aromatic N) is 3. The number of anilines is 1. The van der Waals surface area contributed by atoms with Gasteiger partial charge in [-0.2, -0.15) is 4.98 Å². The smallest absolute Gasteiger partial charge is 0.319 e. The molecule has 33 heavy (non-hydrogen) atoms. The molecule has 10 nitrogen and oxygen atoms in total. The van der Waals surface area contributed by atoms with Gasteiger partial charge in [-0.15, -0.1) is 12.4 Å². The first kappa shape index (κ1) is 24.4. The second-order valence-corrected chi connectivity index (χ2v) is 7.83. The van der Waals surface area contributed by atoms with E-state index in [2.05, 4.69) is 25.8 Å². The molecule has 0 spiro atoms. The monoisotopic (exact) mass is 475 g/mol. The topological polar surface area (TPSA) is 143 Å². The van der Waals surface area contributed by atoms with Crippen LogP contribution in [0.4, 0.5) is 10.5 Å². The van der Waals surface area contributed by atoms with E-state index in [0.29, 0.717) is 35.3 Å². The number of aryl methyl sites for hydroxylation is 2. The number of rotatable bonds is 6. The Morgan fingerprint density at radius 3 is 2.67 bits per heavy atom. The molecule has 176 valence electrons. The van der Waals surface area contributed by atoms with Crippen LogP contribution in [0.1, 0.15) is 18.0 Å². The Bertz CT molecular complexity index is 1090. The molecule has 11 heteroatoms. The fraction of sp³-hybridized carbons (Fsp3) is 0.364. The first-order valence-corrected chi connectivity index (χ1v) is 10.3. The fourth-order valence-electron chi connectivity index (χ4n) is 3.71. The summed E-state index contributed by atoms with van der Waals surface area (Å²) in [5.74, 6) is 0.980. The standard InChI is InChI=1S/C22H25N5O5.ClH/c1-12-5-3-8-18(23-12)31-11-15-10-17(20(29)19(15)28)26-22(30)25-16-7-4-6-14(9-16)21-24-13(2)32-27-21;/h3-9,15,17,19-20,28-29H,10-11H2,1-2H3,(H2,25,26,30);1H/t15-,17-,19-,20+;/m1./s1. The van der Waals surface area contributed by atoms with E-state index < -0.39 is 24.3 Å². The SMILES string of the molecule is Cc1cccc(OC[C@H]2C[C@@H](NC(=O)Nc3cccc(-c4noc(C)n4)c3)[C@H](O)[C@@H]2O)n1.Cl. The van der Waals surface area contributed by atoms with Gasteiger partial charge in [0.25, 0.3) is 0 Å². The molecule has 4 atom stereocenters. The molecular weight excluding hydrogens is 450 g/mol. The zero-order valence-corrected chi connectivity index (χ0v) is 19.0. The molecule has 2 amide bonds. The lowest BCUT2D eigenvalue weighted by atomic mass is 10.1. The molecule has 1 fully saturated rings. The first-order valence-electron chi connectivity index (χ1n) is 10.3. The maximum atomic E-state index is 12.5. The van der Waals surface area contributed by atoms with Crippen molar-refractivity contribution in [2.45, 2.75) is 38.5 Å². The molecule has 4 N–H and O–H groups in total. The molecule has 0 bridgehead atoms. The molecule has 2 heterocycles. The van der Waals surface area contributed by atoms with Crippen molar-refractivity contribution in [3.8, 4) is 17.3 Å². The largest absolute Gasteiger partial charge is 0.477 e. The molecule has 1 aliphatic carbocycles. The lowest BCUT2D eigenvalue weighted by Gasteiger charge is -2.18. The van der Waals surface area contributed by atoms with E-state index in [1.54, 1.807) is 37.3 Å². The molecular formula is C22H26ClN5O5. The predicted molar refractivity (Wildman–Crippen MR) is 122 cm³/mol. The van der Waals surface area contributed by atoms with Gasteiger partial charge in [0.05, 0.1) is 18.8 Å². The van der Waals surface area contributed by atoms with Crippen LogP contribution in [0.2, 0.25) is 0 Å². The fourth-order valence-corrected chi connectivity index (χ4v) is 3.71. The van der Waals surface area contributed by atoms with Crippen molar-refractivity contribution >= 4 is 24.1 Å². The third-order valence-corrected chi connectivity index (χ3v) is 5.33. The Morgan fingerprint density at radius 2 is 1.94 bits per heavy atom. The number of nitrogens with one attached hydrogen (secondary N) is 2. The highest BCUT2D eigenvalue weighted by Crippen LogP contribution is 2.28. The normalized spacial score (nSPS) is 21.8. The molecule has 1 aromatic carbocycles. The minimum atomic E-state index is -1.10. The minimum Gasteiger partial charge on any atom is -0.477 e. The molecule has 1 saturated carbocycles. The third kappa shape index (κ3) is 5.98. The van der Waals surface area contributed by atoms with Crippen molar-refractivity contribution in [1.29, 1.82) is 0 Å². The number of halogens is 1. The van der Waals surface area contributed by atoms with E-state index in [1.807, 2.05) is 19.1 Å². The van der Waals surface area contributed by atoms with Crippen molar-refractivity contribution in [3.05, 3.63) is 54.0 Å². The number of carbonyl (C=O) groups excluding carboxylic acids is 1. The summed E-state index contributed by atoms with van der Waals surface area (Å²) in [6, 6.07) is 11.3. The van der Waals surface area contributed by atoms with E-state index in [9.17, 15) is 15.0 Å². The van der Waals surface area contributed by atoms with Crippen LogP contribution in [-0.2, 0) is 0 Å². The number of hydrogen-bond acceptors (Lipinski definition) is 8. The Balaban J connectivity index is 0.00000306. The van der Waals surface area contributed by atoms with E-state index in [4.69, 9.17) is 9.26 Å². The molecule has 0 saturated heterocycles. The number of amides is 2. The minimum absolute atomic E-state index is 0. The average molecular weight is 476 g/mol. The van der Waals surface area contributed by atoms with Gasteiger partial charge in [0.15, 0.2) is 0 Å². The van der Waals surface area contributed by atoms with Crippen LogP contribution < -0.4 is 15.4 Å². The summed E-state index contributed by atoms with van der Waals surface area (Å²) in [7, 11) is 0. The van der Waals surface area contributed by atoms with Crippen LogP contribution in [0.3, 0.4) is 0 Å². The molecule has 4 rings (SSSR count). The van der Waals surface area contributed by atoms with Crippen LogP contribution in [0, 0.1) is 19.8 Å². The second kappa shape index (κ2) is 10.6. The van der Waals surface area contributed by atoms with Gasteiger partial charge in [-0.3, -0.25) is 0 Å². The number of benzene rings is 1. The number of pyridine rings is 1. The van der Waals surface area contributed by atoms with Crippen LogP contribution in [-0.4, -0.2) is 56.2 Å². The van der Waals surface area contributed by atoms with Crippen LogP contribution in [0.25, 0.3) is 11.4 Å². The molecule has 1 aliphatic rings. The number of urea groups is 1. The number of aromatic nitrogens is 3. The lowest BCUT2D eigenvalue weighted by molar-refractivity contribution is 0.00308. The number of carbonyl (C=O) groups is 1. The maximum absolute atomic E-state index is 12.5. The third-order valence-electron chi connectivity index (χ3n) is 5.33. The van der Waals surface area contributed by atoms with Gasteiger partial charge in [0.1, 0.15) is 6.10 Å². The summed E-state index contributed by atoms with van der Waals surface area (Å²) in [6.07, 6.45) is -1.76. The van der Waals surface area contributed by atoms with Crippen LogP contribution in [0.15, 0.2) is 47.0 Å². The predicted octanol–water partition coefficient (Wildman–Crippen LogP) is 2.48. The average Bonchev–Trinajstić information content (AvgIpc) is 3.31. The summed E-state index contributed by atoms with van der Waals surface area (Å²) in [6.45, 7) is 3.74. The highest BCUT2D eigenvalue weighted by atomic mass is 35.5. The van der Waals surface area contributed by atoms with Crippen molar-refractivity contribution in [2.24, 2.45) is 5.92 Å². The summed E-state index contributed by atoms with van der Waals surface area (Å²) in [4.78, 5) is 20.9. The Kier molecular flexibility index (Phi) is 7.85. The summed E-state index contributed by atoms with van der Waals surface area (Å²) in [5.41, 5.74) is 2.04. The van der Waals surface area contributed by atoms with Gasteiger partial charge in [-0.1, -0.05) is 23.4 Å². The van der Waals surface area contributed by atoms with Crippen molar-refractivity contribution < 1.29 is 24.3 Å². The van der Waals surface area contributed by atoms with Crippen LogP contribution >= 0.6 is 12.4 Å². The molecule has 0 aliphatic heterocycles. The Hall–Kier alpha value is -3.21. The summed E-state index contributed by atoms with van der Waals surface area (Å²) >= 11 is 0. The quantitative estimate of drug-likeness (QED) is 0.426. The van der Waals surface area contributed by atoms with E-state index in [0.717, 1.165) is 5.69 Å². The van der Waals surface area contributed by atoms with E-state index in [-0.39, 0.29) is 24.9 Å². The molecule has 0 unspecified atom stereocenters. The number of aliphatic hydroxyl groups excluding tert-OH is 2. The lowest BCUT2D eigenvalue weighted by Crippen LogP contribution is -2.44. The Morgan fingerprint density at radius 1 is 1.15 bits per heavy atom. The number of ether oxygens (including phenoxy) is 1. The molecule has 2 aromatic heterocycles. The number of hydrogen-bond donors (Lipinski definition) is 4. The van der Waals surface area contributed by atoms with Gasteiger partial charge in [-0.05, 0) is 31.5 Å². The highest BCUT2D eigenvalue weighted by Gasteiger charge is 2.42. The van der Waals surface area contributed by atoms with Gasteiger partial charge in [0.2, 0.25) is 17.6 Å². The maximum Gasteiger partial charge on any atom is 0.319 e. The zero-order chi connectivity index (χ0) is 22.7. The Labute approximate surface area is 196 Å². The van der Waals surface area contributed by atoms with Crippen LogP contribution in [0.5, 0.6) is 5.88 Å². The molecule has 0 radical (unpaired) electrons.